The molecule has 0 spiro atoms. The van der Waals surface area contributed by atoms with Gasteiger partial charge in [0.1, 0.15) is 23.0 Å². The van der Waals surface area contributed by atoms with Gasteiger partial charge < -0.3 is 19.3 Å². The summed E-state index contributed by atoms with van der Waals surface area (Å²) in [6.45, 7) is 1.49. The van der Waals surface area contributed by atoms with Gasteiger partial charge in [0, 0.05) is 6.21 Å². The van der Waals surface area contributed by atoms with Crippen LogP contribution in [0, 0.1) is 0 Å². The van der Waals surface area contributed by atoms with Crippen LogP contribution in [0.3, 0.4) is 0 Å². The Kier molecular flexibility index (Phi) is 6.47. The number of carboxylic acid groups (broad SMARTS) is 1. The highest BCUT2D eigenvalue weighted by Crippen LogP contribution is 2.25. The van der Waals surface area contributed by atoms with Crippen molar-refractivity contribution in [1.29, 1.82) is 0 Å². The monoisotopic (exact) mass is 391 g/mol. The Hall–Kier alpha value is -3.80. The minimum Gasteiger partial charge on any atom is -0.497 e. The normalized spacial score (nSPS) is 11.8. The van der Waals surface area contributed by atoms with E-state index in [4.69, 9.17) is 19.3 Å². The van der Waals surface area contributed by atoms with Crippen molar-refractivity contribution in [2.75, 3.05) is 7.11 Å². The van der Waals surface area contributed by atoms with Gasteiger partial charge in [0.2, 0.25) is 0 Å². The van der Waals surface area contributed by atoms with Crippen LogP contribution in [0.4, 0.5) is 5.69 Å². The van der Waals surface area contributed by atoms with Crippen LogP contribution in [0.2, 0.25) is 0 Å². The van der Waals surface area contributed by atoms with Gasteiger partial charge in [0.15, 0.2) is 6.10 Å². The van der Waals surface area contributed by atoms with Crippen molar-refractivity contribution in [2.24, 2.45) is 4.99 Å². The van der Waals surface area contributed by atoms with Gasteiger partial charge in [0.05, 0.1) is 12.8 Å². The molecule has 0 aliphatic carbocycles. The molecule has 0 aliphatic heterocycles. The first-order chi connectivity index (χ1) is 14.0. The molecule has 0 radical (unpaired) electrons. The number of hydrogen-bond acceptors (Lipinski definition) is 5. The zero-order valence-electron chi connectivity index (χ0n) is 16.1. The van der Waals surface area contributed by atoms with Crippen molar-refractivity contribution in [1.82, 2.24) is 0 Å². The molecule has 0 saturated carbocycles. The van der Waals surface area contributed by atoms with Gasteiger partial charge in [-0.05, 0) is 85.3 Å². The zero-order valence-corrected chi connectivity index (χ0v) is 16.1. The van der Waals surface area contributed by atoms with Gasteiger partial charge >= 0.3 is 5.97 Å². The van der Waals surface area contributed by atoms with E-state index in [2.05, 4.69) is 4.99 Å². The van der Waals surface area contributed by atoms with E-state index in [0.717, 1.165) is 22.7 Å². The van der Waals surface area contributed by atoms with Crippen LogP contribution < -0.4 is 14.2 Å². The molecule has 6 heteroatoms. The summed E-state index contributed by atoms with van der Waals surface area (Å²) in [6.07, 6.45) is 0.831. The van der Waals surface area contributed by atoms with Crippen LogP contribution in [0.15, 0.2) is 77.8 Å². The Morgan fingerprint density at radius 1 is 0.862 bits per heavy atom. The van der Waals surface area contributed by atoms with Crippen molar-refractivity contribution in [3.63, 3.8) is 0 Å². The number of carbonyl (C=O) groups is 1. The maximum absolute atomic E-state index is 10.8. The highest BCUT2D eigenvalue weighted by molar-refractivity contribution is 5.82. The second-order valence-corrected chi connectivity index (χ2v) is 6.20. The van der Waals surface area contributed by atoms with Crippen LogP contribution in [-0.2, 0) is 4.79 Å². The molecule has 29 heavy (non-hydrogen) atoms. The maximum atomic E-state index is 10.8. The van der Waals surface area contributed by atoms with E-state index in [1.807, 2.05) is 60.7 Å². The molecular formula is C23H21NO5. The number of aliphatic carboxylic acids is 1. The third-order valence-corrected chi connectivity index (χ3v) is 4.04. The van der Waals surface area contributed by atoms with Gasteiger partial charge in [-0.25, -0.2) is 4.79 Å². The highest BCUT2D eigenvalue weighted by atomic mass is 16.5. The van der Waals surface area contributed by atoms with E-state index in [0.29, 0.717) is 11.5 Å². The molecule has 0 saturated heterocycles. The standard InChI is InChI=1S/C23H21NO5/c1-16(23(25)26)28-20-7-3-17(4-8-20)15-24-18-5-9-21(10-6-18)29-22-13-11-19(27-2)12-14-22/h3-16H,1-2H3,(H,25,26)/t16-/m0/s1. The van der Waals surface area contributed by atoms with Crippen molar-refractivity contribution in [3.8, 4) is 23.0 Å². The van der Waals surface area contributed by atoms with Crippen molar-refractivity contribution < 1.29 is 24.1 Å². The lowest BCUT2D eigenvalue weighted by Crippen LogP contribution is -2.22. The second kappa shape index (κ2) is 9.41. The summed E-state index contributed by atoms with van der Waals surface area (Å²) in [5, 5.41) is 8.87. The highest BCUT2D eigenvalue weighted by Gasteiger charge is 2.11. The molecule has 0 aliphatic rings. The van der Waals surface area contributed by atoms with Gasteiger partial charge in [-0.15, -0.1) is 0 Å². The topological polar surface area (TPSA) is 77.3 Å². The van der Waals surface area contributed by atoms with Gasteiger partial charge in [0.25, 0.3) is 0 Å². The van der Waals surface area contributed by atoms with Gasteiger partial charge in [-0.3, -0.25) is 4.99 Å². The van der Waals surface area contributed by atoms with Crippen molar-refractivity contribution >= 4 is 17.9 Å². The van der Waals surface area contributed by atoms with Crippen LogP contribution in [0.1, 0.15) is 12.5 Å². The number of aliphatic imine (C=N–C) groups is 1. The number of methoxy groups -OCH3 is 1. The van der Waals surface area contributed by atoms with Crippen LogP contribution in [0.5, 0.6) is 23.0 Å². The van der Waals surface area contributed by atoms with Gasteiger partial charge in [-0.1, -0.05) is 0 Å². The third kappa shape index (κ3) is 5.84. The second-order valence-electron chi connectivity index (χ2n) is 6.20. The number of benzene rings is 3. The number of nitrogens with zero attached hydrogens (tertiary/aromatic N) is 1. The third-order valence-electron chi connectivity index (χ3n) is 4.04. The molecule has 0 unspecified atom stereocenters. The number of ether oxygens (including phenoxy) is 3. The first-order valence-corrected chi connectivity index (χ1v) is 8.99. The fraction of sp³-hybridized carbons (Fsp3) is 0.130. The predicted octanol–water partition coefficient (Wildman–Crippen LogP) is 5.09. The summed E-state index contributed by atoms with van der Waals surface area (Å²) >= 11 is 0. The first-order valence-electron chi connectivity index (χ1n) is 8.99. The summed E-state index contributed by atoms with van der Waals surface area (Å²) in [5.74, 6) is 1.70. The molecule has 0 bridgehead atoms. The molecular weight excluding hydrogens is 370 g/mol. The average molecular weight is 391 g/mol. The maximum Gasteiger partial charge on any atom is 0.344 e. The molecule has 3 aromatic carbocycles. The van der Waals surface area contributed by atoms with Crippen molar-refractivity contribution in [2.45, 2.75) is 13.0 Å². The summed E-state index contributed by atoms with van der Waals surface area (Å²) in [4.78, 5) is 15.3. The smallest absolute Gasteiger partial charge is 0.344 e. The minimum atomic E-state index is -1.00. The van der Waals surface area contributed by atoms with E-state index < -0.39 is 12.1 Å². The van der Waals surface area contributed by atoms with Crippen LogP contribution in [-0.4, -0.2) is 30.5 Å². The predicted molar refractivity (Wildman–Crippen MR) is 111 cm³/mol. The van der Waals surface area contributed by atoms with Crippen LogP contribution >= 0.6 is 0 Å². The fourth-order valence-electron chi connectivity index (χ4n) is 2.42. The Labute approximate surface area is 169 Å². The number of rotatable bonds is 8. The van der Waals surface area contributed by atoms with E-state index in [9.17, 15) is 4.79 Å². The largest absolute Gasteiger partial charge is 0.497 e. The van der Waals surface area contributed by atoms with Gasteiger partial charge in [-0.2, -0.15) is 0 Å². The summed E-state index contributed by atoms with van der Waals surface area (Å²) in [7, 11) is 1.62. The van der Waals surface area contributed by atoms with E-state index in [1.165, 1.54) is 6.92 Å². The molecule has 0 heterocycles. The quantitative estimate of drug-likeness (QED) is 0.541. The molecule has 0 aromatic heterocycles. The van der Waals surface area contributed by atoms with E-state index in [-0.39, 0.29) is 0 Å². The zero-order chi connectivity index (χ0) is 20.6. The number of carboxylic acids is 1. The molecule has 6 nitrogen and oxygen atoms in total. The average Bonchev–Trinajstić information content (AvgIpc) is 2.74. The first kappa shape index (κ1) is 19.9. The Bertz CT molecular complexity index is 964. The molecule has 3 rings (SSSR count). The van der Waals surface area contributed by atoms with Crippen molar-refractivity contribution in [3.05, 3.63) is 78.4 Å². The summed E-state index contributed by atoms with van der Waals surface area (Å²) in [6, 6.07) is 21.8. The summed E-state index contributed by atoms with van der Waals surface area (Å²) < 4.78 is 16.2. The Morgan fingerprint density at radius 2 is 1.38 bits per heavy atom. The Morgan fingerprint density at radius 3 is 1.93 bits per heavy atom. The molecule has 0 fully saturated rings. The molecule has 1 atom stereocenters. The number of hydrogen-bond donors (Lipinski definition) is 1. The lowest BCUT2D eigenvalue weighted by molar-refractivity contribution is -0.144. The minimum absolute atomic E-state index is 0.497. The molecule has 3 aromatic rings. The SMILES string of the molecule is COc1ccc(Oc2ccc(N=Cc3ccc(O[C@@H](C)C(=O)O)cc3)cc2)cc1. The van der Waals surface area contributed by atoms with Crippen LogP contribution in [0.25, 0.3) is 0 Å². The molecule has 0 amide bonds. The lowest BCUT2D eigenvalue weighted by Gasteiger charge is -2.09. The van der Waals surface area contributed by atoms with E-state index in [1.54, 1.807) is 25.5 Å². The summed E-state index contributed by atoms with van der Waals surface area (Å²) in [5.41, 5.74) is 1.66. The van der Waals surface area contributed by atoms with E-state index >= 15 is 0 Å². The molecule has 1 N–H and O–H groups in total. The fourth-order valence-corrected chi connectivity index (χ4v) is 2.42. The Balaban J connectivity index is 1.58. The lowest BCUT2D eigenvalue weighted by atomic mass is 10.2. The molecule has 148 valence electrons.